The van der Waals surface area contributed by atoms with E-state index in [-0.39, 0.29) is 18.0 Å². The average molecular weight is 519 g/mol. The number of halogens is 2. The topological polar surface area (TPSA) is 41.6 Å². The second-order valence-electron chi connectivity index (χ2n) is 9.23. The largest absolute Gasteiger partial charge is 0.496 e. The van der Waals surface area contributed by atoms with Gasteiger partial charge in [-0.25, -0.2) is 0 Å². The van der Waals surface area contributed by atoms with Gasteiger partial charge in [-0.05, 0) is 55.2 Å². The quantitative estimate of drug-likeness (QED) is 0.287. The van der Waals surface area contributed by atoms with Crippen molar-refractivity contribution in [3.05, 3.63) is 106 Å². The summed E-state index contributed by atoms with van der Waals surface area (Å²) in [7, 11) is 1.70. The molecule has 1 amide bonds. The number of nitrogens with one attached hydrogen (secondary N) is 1. The Labute approximate surface area is 221 Å². The predicted octanol–water partition coefficient (Wildman–Crippen LogP) is 7.48. The Hall–Kier alpha value is -3.21. The Morgan fingerprint density at radius 2 is 1.64 bits per heavy atom. The van der Waals surface area contributed by atoms with Crippen molar-refractivity contribution < 1.29 is 9.53 Å². The Kier molecular flexibility index (Phi) is 7.35. The fourth-order valence-corrected chi connectivity index (χ4v) is 5.69. The number of nitrogens with zero attached hydrogens (tertiary/aromatic N) is 1. The summed E-state index contributed by atoms with van der Waals surface area (Å²) < 4.78 is 5.56. The van der Waals surface area contributed by atoms with Crippen molar-refractivity contribution in [1.82, 2.24) is 4.90 Å². The van der Waals surface area contributed by atoms with E-state index in [1.807, 2.05) is 41.3 Å². The molecule has 0 aromatic heterocycles. The van der Waals surface area contributed by atoms with Crippen LogP contribution in [0.25, 0.3) is 10.8 Å². The van der Waals surface area contributed by atoms with Crippen molar-refractivity contribution in [2.24, 2.45) is 0 Å². The highest BCUT2D eigenvalue weighted by molar-refractivity contribution is 6.35. The van der Waals surface area contributed by atoms with Gasteiger partial charge in [0, 0.05) is 50.7 Å². The minimum absolute atomic E-state index is 0.0336. The zero-order valence-corrected chi connectivity index (χ0v) is 21.6. The van der Waals surface area contributed by atoms with Gasteiger partial charge in [-0.15, -0.1) is 0 Å². The Bertz CT molecular complexity index is 1360. The maximum Gasteiger partial charge on any atom is 0.254 e. The van der Waals surface area contributed by atoms with E-state index in [9.17, 15) is 4.79 Å². The molecule has 0 aliphatic carbocycles. The average Bonchev–Trinajstić information content (AvgIpc) is 2.89. The molecule has 1 aliphatic heterocycles. The van der Waals surface area contributed by atoms with Gasteiger partial charge in [0.05, 0.1) is 7.11 Å². The summed E-state index contributed by atoms with van der Waals surface area (Å²) in [6.07, 6.45) is 2.45. The molecule has 36 heavy (non-hydrogen) atoms. The van der Waals surface area contributed by atoms with Crippen molar-refractivity contribution in [3.63, 3.8) is 0 Å². The lowest BCUT2D eigenvalue weighted by molar-refractivity contribution is 0.0602. The van der Waals surface area contributed by atoms with Crippen molar-refractivity contribution in [1.29, 1.82) is 0 Å². The van der Waals surface area contributed by atoms with Crippen LogP contribution < -0.4 is 10.1 Å². The van der Waals surface area contributed by atoms with E-state index in [0.717, 1.165) is 41.5 Å². The van der Waals surface area contributed by atoms with Crippen molar-refractivity contribution >= 4 is 45.6 Å². The van der Waals surface area contributed by atoms with Gasteiger partial charge in [0.25, 0.3) is 5.91 Å². The predicted molar refractivity (Wildman–Crippen MR) is 149 cm³/mol. The van der Waals surface area contributed by atoms with E-state index >= 15 is 0 Å². The second kappa shape index (κ2) is 10.8. The van der Waals surface area contributed by atoms with Crippen LogP contribution in [0.3, 0.4) is 0 Å². The molecule has 0 radical (unpaired) electrons. The summed E-state index contributed by atoms with van der Waals surface area (Å²) >= 11 is 12.4. The standard InChI is InChI=1S/C30H28Cl2N2O2/c1-36-29-12-11-28(26-9-5-6-10-27(26)29)33-24-13-14-34(25(19-24)15-20-7-3-2-4-8-20)30(35)21-16-22(31)18-23(32)17-21/h2-12,16-18,24-25,33H,13-15,19H2,1H3/t24-,25+/m0/s1. The van der Waals surface area contributed by atoms with Gasteiger partial charge in [0.1, 0.15) is 5.75 Å². The third-order valence-electron chi connectivity index (χ3n) is 6.86. The van der Waals surface area contributed by atoms with Gasteiger partial charge < -0.3 is 15.0 Å². The molecule has 1 N–H and O–H groups in total. The number of piperidine rings is 1. The molecule has 184 valence electrons. The molecule has 6 heteroatoms. The number of hydrogen-bond acceptors (Lipinski definition) is 3. The number of methoxy groups -OCH3 is 1. The molecule has 4 nitrogen and oxygen atoms in total. The van der Waals surface area contributed by atoms with Crippen LogP contribution in [-0.4, -0.2) is 36.5 Å². The molecule has 1 fully saturated rings. The van der Waals surface area contributed by atoms with Crippen LogP contribution in [0.4, 0.5) is 5.69 Å². The minimum Gasteiger partial charge on any atom is -0.496 e. The molecule has 1 heterocycles. The summed E-state index contributed by atoms with van der Waals surface area (Å²) in [5.74, 6) is 0.826. The van der Waals surface area contributed by atoms with Crippen LogP contribution in [0.15, 0.2) is 84.9 Å². The highest BCUT2D eigenvalue weighted by Gasteiger charge is 2.32. The first-order valence-corrected chi connectivity index (χ1v) is 12.9. The Morgan fingerprint density at radius 1 is 0.944 bits per heavy atom. The number of carbonyl (C=O) groups is 1. The lowest BCUT2D eigenvalue weighted by Crippen LogP contribution is -2.50. The van der Waals surface area contributed by atoms with Crippen LogP contribution in [-0.2, 0) is 6.42 Å². The van der Waals surface area contributed by atoms with Gasteiger partial charge in [-0.2, -0.15) is 0 Å². The van der Waals surface area contributed by atoms with Crippen LogP contribution >= 0.6 is 23.2 Å². The number of amides is 1. The molecule has 0 bridgehead atoms. The highest BCUT2D eigenvalue weighted by Crippen LogP contribution is 2.34. The number of rotatable bonds is 6. The van der Waals surface area contributed by atoms with E-state index in [1.54, 1.807) is 25.3 Å². The number of hydrogen-bond donors (Lipinski definition) is 1. The summed E-state index contributed by atoms with van der Waals surface area (Å²) in [5, 5.41) is 6.91. The van der Waals surface area contributed by atoms with Gasteiger partial charge in [0.2, 0.25) is 0 Å². The second-order valence-corrected chi connectivity index (χ2v) is 10.1. The van der Waals surface area contributed by atoms with Gasteiger partial charge in [-0.1, -0.05) is 77.8 Å². The van der Waals surface area contributed by atoms with Crippen molar-refractivity contribution in [2.75, 3.05) is 19.0 Å². The zero-order chi connectivity index (χ0) is 25.1. The van der Waals surface area contributed by atoms with Crippen LogP contribution in [0, 0.1) is 0 Å². The smallest absolute Gasteiger partial charge is 0.254 e. The number of ether oxygens (including phenoxy) is 1. The van der Waals surface area contributed by atoms with Crippen molar-refractivity contribution in [3.8, 4) is 5.75 Å². The third kappa shape index (κ3) is 5.30. The normalized spacial score (nSPS) is 17.7. The molecule has 1 saturated heterocycles. The molecule has 0 unspecified atom stereocenters. The zero-order valence-electron chi connectivity index (χ0n) is 20.1. The molecule has 5 rings (SSSR count). The van der Waals surface area contributed by atoms with E-state index in [2.05, 4.69) is 35.6 Å². The summed E-state index contributed by atoms with van der Waals surface area (Å²) in [6, 6.07) is 28.0. The number of anilines is 1. The molecule has 1 aliphatic rings. The minimum atomic E-state index is -0.0336. The lowest BCUT2D eigenvalue weighted by atomic mass is 9.91. The number of likely N-dealkylation sites (tertiary alicyclic amines) is 1. The third-order valence-corrected chi connectivity index (χ3v) is 7.30. The van der Waals surface area contributed by atoms with Crippen molar-refractivity contribution in [2.45, 2.75) is 31.3 Å². The molecule has 4 aromatic carbocycles. The van der Waals surface area contributed by atoms with E-state index < -0.39 is 0 Å². The first kappa shape index (κ1) is 24.5. The fraction of sp³-hybridized carbons (Fsp3) is 0.233. The lowest BCUT2D eigenvalue weighted by Gasteiger charge is -2.40. The number of carbonyl (C=O) groups excluding carboxylic acids is 1. The first-order valence-electron chi connectivity index (χ1n) is 12.1. The van der Waals surface area contributed by atoms with Gasteiger partial charge in [-0.3, -0.25) is 4.79 Å². The van der Waals surface area contributed by atoms with E-state index in [1.165, 1.54) is 5.56 Å². The molecule has 0 saturated carbocycles. The van der Waals surface area contributed by atoms with Crippen LogP contribution in [0.5, 0.6) is 5.75 Å². The monoisotopic (exact) mass is 518 g/mol. The first-order chi connectivity index (χ1) is 17.5. The van der Waals surface area contributed by atoms with Crippen LogP contribution in [0.1, 0.15) is 28.8 Å². The SMILES string of the molecule is COc1ccc(N[C@H]2CCN(C(=O)c3cc(Cl)cc(Cl)c3)[C@H](Cc3ccccc3)C2)c2ccccc12. The molecular weight excluding hydrogens is 491 g/mol. The fourth-order valence-electron chi connectivity index (χ4n) is 5.17. The summed E-state index contributed by atoms with van der Waals surface area (Å²) in [5.41, 5.74) is 2.81. The molecular formula is C30H28Cl2N2O2. The maximum atomic E-state index is 13.6. The number of fused-ring (bicyclic) bond motifs is 1. The van der Waals surface area contributed by atoms with E-state index in [4.69, 9.17) is 27.9 Å². The summed E-state index contributed by atoms with van der Waals surface area (Å²) in [6.45, 7) is 0.645. The molecule has 0 spiro atoms. The maximum absolute atomic E-state index is 13.6. The highest BCUT2D eigenvalue weighted by atomic mass is 35.5. The number of benzene rings is 4. The summed E-state index contributed by atoms with van der Waals surface area (Å²) in [4.78, 5) is 15.6. The Morgan fingerprint density at radius 3 is 2.36 bits per heavy atom. The van der Waals surface area contributed by atoms with Crippen LogP contribution in [0.2, 0.25) is 10.0 Å². The van der Waals surface area contributed by atoms with Gasteiger partial charge >= 0.3 is 0 Å². The molecule has 4 aromatic rings. The molecule has 2 atom stereocenters. The Balaban J connectivity index is 1.41. The van der Waals surface area contributed by atoms with Gasteiger partial charge in [0.15, 0.2) is 0 Å². The van der Waals surface area contributed by atoms with E-state index in [0.29, 0.717) is 22.2 Å².